The van der Waals surface area contributed by atoms with Crippen LogP contribution in [0.5, 0.6) is 0 Å². The number of rotatable bonds is 4. The van der Waals surface area contributed by atoms with Gasteiger partial charge in [0, 0.05) is 6.20 Å². The molecule has 0 radical (unpaired) electrons. The van der Waals surface area contributed by atoms with E-state index >= 15 is 0 Å². The normalized spacial score (nSPS) is 12.4. The molecule has 3 N–H and O–H groups in total. The maximum atomic E-state index is 13.7. The Hall–Kier alpha value is -1.78. The van der Waals surface area contributed by atoms with Gasteiger partial charge in [-0.2, -0.15) is 0 Å². The molecule has 0 aliphatic carbocycles. The maximum absolute atomic E-state index is 13.7. The Balaban J connectivity index is 2.42. The van der Waals surface area contributed by atoms with Crippen LogP contribution in [-0.4, -0.2) is 4.98 Å². The van der Waals surface area contributed by atoms with Crippen molar-refractivity contribution in [3.05, 3.63) is 65.2 Å². The number of hydrazine groups is 1. The zero-order valence-electron chi connectivity index (χ0n) is 10.2. The van der Waals surface area contributed by atoms with Crippen LogP contribution < -0.4 is 11.3 Å². The molecule has 0 saturated heterocycles. The summed E-state index contributed by atoms with van der Waals surface area (Å²) < 4.78 is 13.7. The van der Waals surface area contributed by atoms with Crippen LogP contribution in [0, 0.1) is 5.82 Å². The van der Waals surface area contributed by atoms with Crippen LogP contribution in [0.3, 0.4) is 0 Å². The summed E-state index contributed by atoms with van der Waals surface area (Å²) in [6.07, 6.45) is 2.49. The first-order valence-electron chi connectivity index (χ1n) is 5.91. The van der Waals surface area contributed by atoms with Gasteiger partial charge in [0.2, 0.25) is 0 Å². The molecule has 0 saturated carbocycles. The smallest absolute Gasteiger partial charge is 0.146 e. The van der Waals surface area contributed by atoms with E-state index in [0.717, 1.165) is 12.0 Å². The number of pyridine rings is 1. The predicted molar refractivity (Wildman–Crippen MR) is 69.2 cm³/mol. The van der Waals surface area contributed by atoms with Gasteiger partial charge in [-0.3, -0.25) is 10.8 Å². The topological polar surface area (TPSA) is 50.9 Å². The number of aryl methyl sites for hydroxylation is 1. The summed E-state index contributed by atoms with van der Waals surface area (Å²) in [7, 11) is 0. The van der Waals surface area contributed by atoms with Crippen LogP contribution in [0.1, 0.15) is 29.8 Å². The zero-order valence-corrected chi connectivity index (χ0v) is 10.2. The van der Waals surface area contributed by atoms with Gasteiger partial charge in [0.05, 0.1) is 11.7 Å². The Morgan fingerprint density at radius 1 is 1.33 bits per heavy atom. The third-order valence-corrected chi connectivity index (χ3v) is 2.92. The second-order valence-electron chi connectivity index (χ2n) is 4.07. The predicted octanol–water partition coefficient (Wildman–Crippen LogP) is 2.34. The molecule has 2 rings (SSSR count). The molecule has 0 aliphatic rings. The Kier molecular flexibility index (Phi) is 4.02. The Labute approximate surface area is 106 Å². The minimum atomic E-state index is -0.433. The molecular weight excluding hydrogens is 229 g/mol. The fourth-order valence-electron chi connectivity index (χ4n) is 1.94. The van der Waals surface area contributed by atoms with Crippen molar-refractivity contribution < 1.29 is 4.39 Å². The number of aromatic nitrogens is 1. The third-order valence-electron chi connectivity index (χ3n) is 2.92. The SMILES string of the molecule is CCc1cccc(C(NN)c2ncccc2F)c1. The van der Waals surface area contributed by atoms with Crippen molar-refractivity contribution in [1.29, 1.82) is 0 Å². The largest absolute Gasteiger partial charge is 0.271 e. The minimum absolute atomic E-state index is 0.313. The van der Waals surface area contributed by atoms with Gasteiger partial charge in [-0.1, -0.05) is 31.2 Å². The van der Waals surface area contributed by atoms with Gasteiger partial charge in [-0.25, -0.2) is 9.82 Å². The molecule has 2 aromatic rings. The highest BCUT2D eigenvalue weighted by molar-refractivity contribution is 5.31. The lowest BCUT2D eigenvalue weighted by molar-refractivity contribution is 0.543. The van der Waals surface area contributed by atoms with E-state index in [9.17, 15) is 4.39 Å². The van der Waals surface area contributed by atoms with Gasteiger partial charge in [-0.15, -0.1) is 0 Å². The zero-order chi connectivity index (χ0) is 13.0. The molecule has 0 fully saturated rings. The second-order valence-corrected chi connectivity index (χ2v) is 4.07. The van der Waals surface area contributed by atoms with Crippen molar-refractivity contribution in [3.63, 3.8) is 0 Å². The van der Waals surface area contributed by atoms with Gasteiger partial charge >= 0.3 is 0 Å². The average molecular weight is 245 g/mol. The Morgan fingerprint density at radius 3 is 2.83 bits per heavy atom. The highest BCUT2D eigenvalue weighted by atomic mass is 19.1. The lowest BCUT2D eigenvalue weighted by Gasteiger charge is -2.17. The van der Waals surface area contributed by atoms with Crippen molar-refractivity contribution in [2.24, 2.45) is 5.84 Å². The van der Waals surface area contributed by atoms with Crippen LogP contribution in [0.25, 0.3) is 0 Å². The quantitative estimate of drug-likeness (QED) is 0.642. The molecule has 1 heterocycles. The van der Waals surface area contributed by atoms with Crippen molar-refractivity contribution in [1.82, 2.24) is 10.4 Å². The Morgan fingerprint density at radius 2 is 2.17 bits per heavy atom. The summed E-state index contributed by atoms with van der Waals surface area (Å²) in [6.45, 7) is 2.07. The van der Waals surface area contributed by atoms with Crippen molar-refractivity contribution in [3.8, 4) is 0 Å². The molecule has 0 bridgehead atoms. The molecule has 1 atom stereocenters. The molecule has 94 valence electrons. The maximum Gasteiger partial charge on any atom is 0.146 e. The van der Waals surface area contributed by atoms with Gasteiger partial charge < -0.3 is 0 Å². The molecular formula is C14H16FN3. The van der Waals surface area contributed by atoms with Gasteiger partial charge in [0.15, 0.2) is 0 Å². The number of hydrogen-bond acceptors (Lipinski definition) is 3. The van der Waals surface area contributed by atoms with E-state index in [1.54, 1.807) is 12.3 Å². The average Bonchev–Trinajstić information content (AvgIpc) is 2.42. The first kappa shape index (κ1) is 12.7. The summed E-state index contributed by atoms with van der Waals surface area (Å²) in [5, 5.41) is 0. The number of nitrogens with one attached hydrogen (secondary N) is 1. The number of nitrogens with two attached hydrogens (primary N) is 1. The van der Waals surface area contributed by atoms with Crippen LogP contribution in [-0.2, 0) is 6.42 Å². The summed E-state index contributed by atoms with van der Waals surface area (Å²) in [5.74, 6) is 5.18. The van der Waals surface area contributed by atoms with Crippen LogP contribution in [0.15, 0.2) is 42.6 Å². The van der Waals surface area contributed by atoms with E-state index in [2.05, 4.69) is 17.3 Å². The van der Waals surface area contributed by atoms with E-state index in [1.807, 2.05) is 24.3 Å². The third kappa shape index (κ3) is 2.55. The first-order chi connectivity index (χ1) is 8.76. The van der Waals surface area contributed by atoms with E-state index in [-0.39, 0.29) is 5.82 Å². The lowest BCUT2D eigenvalue weighted by atomic mass is 10.00. The summed E-state index contributed by atoms with van der Waals surface area (Å²) >= 11 is 0. The van der Waals surface area contributed by atoms with E-state index < -0.39 is 6.04 Å². The molecule has 0 aliphatic heterocycles. The van der Waals surface area contributed by atoms with Crippen molar-refractivity contribution in [2.45, 2.75) is 19.4 Å². The molecule has 0 amide bonds. The number of halogens is 1. The number of benzene rings is 1. The number of nitrogens with zero attached hydrogens (tertiary/aromatic N) is 1. The highest BCUT2D eigenvalue weighted by Gasteiger charge is 2.17. The van der Waals surface area contributed by atoms with Crippen LogP contribution >= 0.6 is 0 Å². The molecule has 18 heavy (non-hydrogen) atoms. The van der Waals surface area contributed by atoms with Gasteiger partial charge in [0.1, 0.15) is 5.82 Å². The molecule has 1 aromatic heterocycles. The molecule has 1 aromatic carbocycles. The van der Waals surface area contributed by atoms with Crippen molar-refractivity contribution in [2.75, 3.05) is 0 Å². The van der Waals surface area contributed by atoms with Crippen LogP contribution in [0.2, 0.25) is 0 Å². The van der Waals surface area contributed by atoms with E-state index in [0.29, 0.717) is 5.69 Å². The fraction of sp³-hybridized carbons (Fsp3) is 0.214. The standard InChI is InChI=1S/C14H16FN3/c1-2-10-5-3-6-11(9-10)13(18-16)14-12(15)7-4-8-17-14/h3-9,13,18H,2,16H2,1H3. The fourth-order valence-corrected chi connectivity index (χ4v) is 1.94. The van der Waals surface area contributed by atoms with Crippen LogP contribution in [0.4, 0.5) is 4.39 Å². The monoisotopic (exact) mass is 245 g/mol. The highest BCUT2D eigenvalue weighted by Crippen LogP contribution is 2.22. The summed E-state index contributed by atoms with van der Waals surface area (Å²) in [4.78, 5) is 4.06. The van der Waals surface area contributed by atoms with E-state index in [4.69, 9.17) is 5.84 Å². The number of hydrogen-bond donors (Lipinski definition) is 2. The molecule has 4 heteroatoms. The lowest BCUT2D eigenvalue weighted by Crippen LogP contribution is -2.30. The summed E-state index contributed by atoms with van der Waals surface area (Å²) in [6, 6.07) is 10.4. The van der Waals surface area contributed by atoms with Gasteiger partial charge in [-0.05, 0) is 29.7 Å². The molecule has 1 unspecified atom stereocenters. The molecule has 3 nitrogen and oxygen atoms in total. The first-order valence-corrected chi connectivity index (χ1v) is 5.91. The molecule has 0 spiro atoms. The summed E-state index contributed by atoms with van der Waals surface area (Å²) in [5.41, 5.74) is 5.03. The Bertz CT molecular complexity index is 528. The second kappa shape index (κ2) is 5.71. The van der Waals surface area contributed by atoms with Crippen molar-refractivity contribution >= 4 is 0 Å². The minimum Gasteiger partial charge on any atom is -0.271 e. The van der Waals surface area contributed by atoms with E-state index in [1.165, 1.54) is 11.6 Å². The van der Waals surface area contributed by atoms with Gasteiger partial charge in [0.25, 0.3) is 0 Å².